The van der Waals surface area contributed by atoms with Gasteiger partial charge in [-0.2, -0.15) is 8.78 Å². The standard InChI is InChI=1S/C16H20F2N4O2S2/c1-9(2)8-19-15-21-22-16(26-15)25-10(3)13(23)20-11-6-4-5-7-12(11)24-14(17)18/h4-7,9-10,14H,8H2,1-3H3,(H,19,21)(H,20,23). The smallest absolute Gasteiger partial charge is 0.387 e. The molecule has 1 amide bonds. The number of anilines is 2. The normalized spacial score (nSPS) is 12.3. The molecule has 0 fully saturated rings. The van der Waals surface area contributed by atoms with Gasteiger partial charge in [-0.25, -0.2) is 0 Å². The second-order valence-electron chi connectivity index (χ2n) is 5.77. The Morgan fingerprint density at radius 3 is 2.69 bits per heavy atom. The van der Waals surface area contributed by atoms with Crippen LogP contribution in [-0.4, -0.2) is 34.5 Å². The zero-order valence-electron chi connectivity index (χ0n) is 14.5. The first kappa shape index (κ1) is 20.4. The molecule has 142 valence electrons. The highest BCUT2D eigenvalue weighted by atomic mass is 32.2. The highest BCUT2D eigenvalue weighted by Gasteiger charge is 2.19. The molecule has 0 saturated carbocycles. The highest BCUT2D eigenvalue weighted by Crippen LogP contribution is 2.31. The number of halogens is 2. The van der Waals surface area contributed by atoms with Crippen LogP contribution in [0.5, 0.6) is 5.75 Å². The molecule has 0 aliphatic rings. The quantitative estimate of drug-likeness (QED) is 0.608. The fraction of sp³-hybridized carbons (Fsp3) is 0.438. The second-order valence-corrected chi connectivity index (χ2v) is 8.34. The third-order valence-corrected chi connectivity index (χ3v) is 5.14. The number of carbonyl (C=O) groups excluding carboxylic acids is 1. The number of nitrogens with zero attached hydrogens (tertiary/aromatic N) is 2. The molecule has 1 aromatic carbocycles. The summed E-state index contributed by atoms with van der Waals surface area (Å²) in [5, 5.41) is 14.1. The van der Waals surface area contributed by atoms with Gasteiger partial charge in [0.1, 0.15) is 5.75 Å². The monoisotopic (exact) mass is 402 g/mol. The Balaban J connectivity index is 1.94. The van der Waals surface area contributed by atoms with Crippen molar-refractivity contribution < 1.29 is 18.3 Å². The number of amides is 1. The summed E-state index contributed by atoms with van der Waals surface area (Å²) in [6.07, 6.45) is 0. The van der Waals surface area contributed by atoms with Crippen molar-refractivity contribution in [3.63, 3.8) is 0 Å². The van der Waals surface area contributed by atoms with Crippen molar-refractivity contribution in [2.24, 2.45) is 5.92 Å². The maximum absolute atomic E-state index is 12.4. The van der Waals surface area contributed by atoms with Crippen molar-refractivity contribution in [1.82, 2.24) is 10.2 Å². The van der Waals surface area contributed by atoms with Crippen LogP contribution in [-0.2, 0) is 4.79 Å². The van der Waals surface area contributed by atoms with Gasteiger partial charge in [0.05, 0.1) is 10.9 Å². The number of nitrogens with one attached hydrogen (secondary N) is 2. The zero-order valence-corrected chi connectivity index (χ0v) is 16.2. The van der Waals surface area contributed by atoms with Gasteiger partial charge in [-0.05, 0) is 25.0 Å². The third kappa shape index (κ3) is 6.41. The van der Waals surface area contributed by atoms with E-state index in [1.54, 1.807) is 19.1 Å². The Morgan fingerprint density at radius 2 is 2.00 bits per heavy atom. The molecule has 2 N–H and O–H groups in total. The van der Waals surface area contributed by atoms with Crippen LogP contribution in [0.4, 0.5) is 19.6 Å². The van der Waals surface area contributed by atoms with Crippen molar-refractivity contribution in [1.29, 1.82) is 0 Å². The lowest BCUT2D eigenvalue weighted by molar-refractivity contribution is -0.115. The molecule has 0 aliphatic heterocycles. The van der Waals surface area contributed by atoms with Gasteiger partial charge in [0.25, 0.3) is 0 Å². The summed E-state index contributed by atoms with van der Waals surface area (Å²) in [4.78, 5) is 12.3. The van der Waals surface area contributed by atoms with Crippen LogP contribution < -0.4 is 15.4 Å². The first-order valence-corrected chi connectivity index (χ1v) is 9.63. The van der Waals surface area contributed by atoms with E-state index in [1.165, 1.54) is 35.2 Å². The number of ether oxygens (including phenoxy) is 1. The zero-order chi connectivity index (χ0) is 19.1. The first-order chi connectivity index (χ1) is 12.3. The molecule has 1 atom stereocenters. The molecular formula is C16H20F2N4O2S2. The average molecular weight is 402 g/mol. The molecule has 0 bridgehead atoms. The highest BCUT2D eigenvalue weighted by molar-refractivity contribution is 8.02. The van der Waals surface area contributed by atoms with Crippen LogP contribution in [0.1, 0.15) is 20.8 Å². The predicted octanol–water partition coefficient (Wildman–Crippen LogP) is 4.33. The van der Waals surface area contributed by atoms with E-state index < -0.39 is 11.9 Å². The predicted molar refractivity (Wildman–Crippen MR) is 100 cm³/mol. The summed E-state index contributed by atoms with van der Waals surface area (Å²) in [5.41, 5.74) is 0.196. The number of rotatable bonds is 9. The summed E-state index contributed by atoms with van der Waals surface area (Å²) in [5.74, 6) is 0.0616. The molecule has 0 radical (unpaired) electrons. The number of hydrogen-bond donors (Lipinski definition) is 2. The van der Waals surface area contributed by atoms with Gasteiger partial charge in [-0.15, -0.1) is 10.2 Å². The SMILES string of the molecule is CC(C)CNc1nnc(SC(C)C(=O)Nc2ccccc2OC(F)F)s1. The lowest BCUT2D eigenvalue weighted by atomic mass is 10.2. The summed E-state index contributed by atoms with van der Waals surface area (Å²) in [7, 11) is 0. The molecule has 0 aliphatic carbocycles. The first-order valence-electron chi connectivity index (χ1n) is 7.94. The lowest BCUT2D eigenvalue weighted by Crippen LogP contribution is -2.23. The molecule has 1 aromatic heterocycles. The number of aromatic nitrogens is 2. The summed E-state index contributed by atoms with van der Waals surface area (Å²) in [6.45, 7) is 3.71. The molecule has 2 rings (SSSR count). The van der Waals surface area contributed by atoms with E-state index >= 15 is 0 Å². The molecule has 0 spiro atoms. The van der Waals surface area contributed by atoms with Gasteiger partial charge in [0.2, 0.25) is 11.0 Å². The number of hydrogen-bond acceptors (Lipinski definition) is 7. The van der Waals surface area contributed by atoms with Crippen molar-refractivity contribution >= 4 is 39.8 Å². The van der Waals surface area contributed by atoms with Crippen molar-refractivity contribution in [3.05, 3.63) is 24.3 Å². The van der Waals surface area contributed by atoms with Crippen LogP contribution in [0.2, 0.25) is 0 Å². The Hall–Kier alpha value is -1.94. The lowest BCUT2D eigenvalue weighted by Gasteiger charge is -2.14. The van der Waals surface area contributed by atoms with E-state index in [0.717, 1.165) is 6.54 Å². The topological polar surface area (TPSA) is 76.1 Å². The summed E-state index contributed by atoms with van der Waals surface area (Å²) >= 11 is 2.61. The number of para-hydroxylation sites is 2. The van der Waals surface area contributed by atoms with Crippen molar-refractivity contribution in [3.8, 4) is 5.75 Å². The minimum Gasteiger partial charge on any atom is -0.433 e. The maximum Gasteiger partial charge on any atom is 0.387 e. The average Bonchev–Trinajstić information content (AvgIpc) is 3.01. The Bertz CT molecular complexity index is 728. The second kappa shape index (κ2) is 9.67. The molecule has 1 unspecified atom stereocenters. The van der Waals surface area contributed by atoms with Gasteiger partial charge in [0, 0.05) is 6.54 Å². The Morgan fingerprint density at radius 1 is 1.27 bits per heavy atom. The molecule has 0 saturated heterocycles. The molecule has 2 aromatic rings. The Kier molecular flexibility index (Phi) is 7.58. The van der Waals surface area contributed by atoms with Gasteiger partial charge in [0.15, 0.2) is 4.34 Å². The minimum atomic E-state index is -2.96. The van der Waals surface area contributed by atoms with Crippen molar-refractivity contribution in [2.75, 3.05) is 17.2 Å². The number of thioether (sulfide) groups is 1. The fourth-order valence-electron chi connectivity index (χ4n) is 1.83. The van der Waals surface area contributed by atoms with E-state index in [0.29, 0.717) is 15.4 Å². The van der Waals surface area contributed by atoms with Crippen molar-refractivity contribution in [2.45, 2.75) is 37.0 Å². The van der Waals surface area contributed by atoms with Gasteiger partial charge in [-0.1, -0.05) is 49.1 Å². The van der Waals surface area contributed by atoms with E-state index in [1.807, 2.05) is 0 Å². The van der Waals surface area contributed by atoms with E-state index in [9.17, 15) is 13.6 Å². The van der Waals surface area contributed by atoms with Gasteiger partial charge < -0.3 is 15.4 Å². The molecule has 1 heterocycles. The summed E-state index contributed by atoms with van der Waals surface area (Å²) < 4.78 is 29.9. The minimum absolute atomic E-state index is 0.0795. The van der Waals surface area contributed by atoms with Gasteiger partial charge in [-0.3, -0.25) is 4.79 Å². The van der Waals surface area contributed by atoms with E-state index in [4.69, 9.17) is 0 Å². The van der Waals surface area contributed by atoms with E-state index in [2.05, 4.69) is 39.4 Å². The summed E-state index contributed by atoms with van der Waals surface area (Å²) in [6, 6.07) is 6.06. The van der Waals surface area contributed by atoms with Crippen LogP contribution >= 0.6 is 23.1 Å². The number of benzene rings is 1. The molecule has 6 nitrogen and oxygen atoms in total. The largest absolute Gasteiger partial charge is 0.433 e. The van der Waals surface area contributed by atoms with Crippen LogP contribution in [0.15, 0.2) is 28.6 Å². The Labute approximate surface area is 158 Å². The van der Waals surface area contributed by atoms with E-state index in [-0.39, 0.29) is 17.3 Å². The van der Waals surface area contributed by atoms with Crippen LogP contribution in [0.3, 0.4) is 0 Å². The maximum atomic E-state index is 12.4. The number of alkyl halides is 2. The third-order valence-electron chi connectivity index (χ3n) is 3.08. The van der Waals surface area contributed by atoms with Crippen LogP contribution in [0, 0.1) is 5.92 Å². The fourth-order valence-corrected chi connectivity index (χ4v) is 3.73. The number of carbonyl (C=O) groups is 1. The molecule has 10 heteroatoms. The van der Waals surface area contributed by atoms with Gasteiger partial charge >= 0.3 is 6.61 Å². The van der Waals surface area contributed by atoms with Crippen LogP contribution in [0.25, 0.3) is 0 Å². The molecule has 26 heavy (non-hydrogen) atoms. The molecular weight excluding hydrogens is 382 g/mol.